The molecule has 2 aromatic heterocycles. The summed E-state index contributed by atoms with van der Waals surface area (Å²) in [5.74, 6) is -0.288. The molecule has 0 radical (unpaired) electrons. The van der Waals surface area contributed by atoms with E-state index in [-0.39, 0.29) is 11.9 Å². The number of hydrogen-bond donors (Lipinski definition) is 0. The summed E-state index contributed by atoms with van der Waals surface area (Å²) < 4.78 is 15.2. The lowest BCUT2D eigenvalue weighted by Gasteiger charge is -2.30. The lowest BCUT2D eigenvalue weighted by Crippen LogP contribution is -2.30. The molecule has 1 aliphatic heterocycles. The van der Waals surface area contributed by atoms with E-state index in [0.29, 0.717) is 11.1 Å². The van der Waals surface area contributed by atoms with Crippen LogP contribution >= 0.6 is 0 Å². The Labute approximate surface area is 215 Å². The highest BCUT2D eigenvalue weighted by molar-refractivity contribution is 6.01. The first-order chi connectivity index (χ1) is 17.4. The van der Waals surface area contributed by atoms with E-state index in [9.17, 15) is 0 Å². The maximum absolute atomic E-state index is 15.2. The summed E-state index contributed by atoms with van der Waals surface area (Å²) in [6.45, 7) is 12.0. The molecular formula is C30H40FN5. The van der Waals surface area contributed by atoms with Crippen molar-refractivity contribution in [3.05, 3.63) is 60.9 Å². The zero-order chi connectivity index (χ0) is 25.7. The van der Waals surface area contributed by atoms with Crippen molar-refractivity contribution < 1.29 is 4.39 Å². The molecule has 0 unspecified atom stereocenters. The zero-order valence-electron chi connectivity index (χ0n) is 22.3. The molecule has 5 nitrogen and oxygen atoms in total. The fourth-order valence-electron chi connectivity index (χ4n) is 5.13. The van der Waals surface area contributed by atoms with Crippen LogP contribution in [0.15, 0.2) is 49.4 Å². The summed E-state index contributed by atoms with van der Waals surface area (Å²) in [6.07, 6.45) is 12.8. The number of pyridine rings is 2. The van der Waals surface area contributed by atoms with Crippen molar-refractivity contribution in [1.82, 2.24) is 14.9 Å². The molecule has 192 valence electrons. The Morgan fingerprint density at radius 2 is 1.83 bits per heavy atom. The van der Waals surface area contributed by atoms with Crippen LogP contribution in [-0.4, -0.2) is 54.6 Å². The number of likely N-dealkylation sites (tertiary alicyclic amines) is 1. The summed E-state index contributed by atoms with van der Waals surface area (Å²) in [4.78, 5) is 16.0. The molecule has 36 heavy (non-hydrogen) atoms. The van der Waals surface area contributed by atoms with Gasteiger partial charge in [0.15, 0.2) is 0 Å². The van der Waals surface area contributed by atoms with E-state index in [4.69, 9.17) is 0 Å². The van der Waals surface area contributed by atoms with Crippen LogP contribution in [0.2, 0.25) is 0 Å². The molecular weight excluding hydrogens is 449 g/mol. The Kier molecular flexibility index (Phi) is 8.57. The van der Waals surface area contributed by atoms with Gasteiger partial charge in [-0.25, -0.2) is 4.39 Å². The van der Waals surface area contributed by atoms with E-state index < -0.39 is 0 Å². The van der Waals surface area contributed by atoms with Gasteiger partial charge in [0.1, 0.15) is 5.82 Å². The molecule has 0 atom stereocenters. The molecule has 0 aliphatic carbocycles. The standard InChI is InChI=1S/C30H40FN5/c1-6-36(22(2)3)30-26-18-25(27(31)19-28(26)33-21-29(30)34(4)5)23-13-14-24(32-20-23)12-8-11-17-35-15-9-7-10-16-35/h6,13-14,18-22H,1,7-12,15-17H2,2-5H3. The summed E-state index contributed by atoms with van der Waals surface area (Å²) in [7, 11) is 3.99. The molecule has 3 aromatic rings. The Morgan fingerprint density at radius 3 is 2.47 bits per heavy atom. The molecule has 0 N–H and O–H groups in total. The van der Waals surface area contributed by atoms with Crippen molar-refractivity contribution in [2.45, 2.75) is 58.4 Å². The number of aryl methyl sites for hydroxylation is 1. The van der Waals surface area contributed by atoms with E-state index in [2.05, 4.69) is 40.2 Å². The number of benzene rings is 1. The van der Waals surface area contributed by atoms with E-state index >= 15 is 4.39 Å². The second-order valence-electron chi connectivity index (χ2n) is 10.3. The Bertz CT molecular complexity index is 1170. The summed E-state index contributed by atoms with van der Waals surface area (Å²) in [6, 6.07) is 7.67. The number of piperidine rings is 1. The molecule has 1 fully saturated rings. The highest BCUT2D eigenvalue weighted by Gasteiger charge is 2.20. The fraction of sp³-hybridized carbons (Fsp3) is 0.467. The van der Waals surface area contributed by atoms with Gasteiger partial charge < -0.3 is 14.7 Å². The Morgan fingerprint density at radius 1 is 1.06 bits per heavy atom. The molecule has 0 saturated carbocycles. The second-order valence-corrected chi connectivity index (χ2v) is 10.3. The van der Waals surface area contributed by atoms with Gasteiger partial charge in [-0.3, -0.25) is 9.97 Å². The lowest BCUT2D eigenvalue weighted by atomic mass is 10.0. The van der Waals surface area contributed by atoms with Gasteiger partial charge in [-0.05, 0) is 83.9 Å². The SMILES string of the molecule is C=CN(c1c(N(C)C)cnc2cc(F)c(-c3ccc(CCCCN4CCCCC4)nc3)cc12)C(C)C. The van der Waals surface area contributed by atoms with Crippen LogP contribution in [0, 0.1) is 5.82 Å². The van der Waals surface area contributed by atoms with Crippen molar-refractivity contribution in [3.63, 3.8) is 0 Å². The number of unbranched alkanes of at least 4 members (excludes halogenated alkanes) is 1. The van der Waals surface area contributed by atoms with Gasteiger partial charge in [0.2, 0.25) is 0 Å². The van der Waals surface area contributed by atoms with Crippen molar-refractivity contribution in [2.75, 3.05) is 43.5 Å². The zero-order valence-corrected chi connectivity index (χ0v) is 22.3. The van der Waals surface area contributed by atoms with Crippen molar-refractivity contribution in [1.29, 1.82) is 0 Å². The average Bonchev–Trinajstić information content (AvgIpc) is 2.87. The first kappa shape index (κ1) is 26.1. The molecule has 6 heteroatoms. The molecule has 1 saturated heterocycles. The van der Waals surface area contributed by atoms with Gasteiger partial charge in [0.25, 0.3) is 0 Å². The van der Waals surface area contributed by atoms with Crippen LogP contribution in [0.4, 0.5) is 15.8 Å². The van der Waals surface area contributed by atoms with Gasteiger partial charge in [0, 0.05) is 54.6 Å². The summed E-state index contributed by atoms with van der Waals surface area (Å²) in [5.41, 5.74) is 4.96. The minimum absolute atomic E-state index is 0.191. The van der Waals surface area contributed by atoms with E-state index in [1.165, 1.54) is 51.4 Å². The molecule has 0 spiro atoms. The lowest BCUT2D eigenvalue weighted by molar-refractivity contribution is 0.225. The van der Waals surface area contributed by atoms with Gasteiger partial charge in [-0.15, -0.1) is 0 Å². The number of hydrogen-bond acceptors (Lipinski definition) is 5. The smallest absolute Gasteiger partial charge is 0.133 e. The second kappa shape index (κ2) is 11.8. The van der Waals surface area contributed by atoms with Crippen molar-refractivity contribution in [3.8, 4) is 11.1 Å². The predicted octanol–water partition coefficient (Wildman–Crippen LogP) is 6.67. The quantitative estimate of drug-likeness (QED) is 0.297. The van der Waals surface area contributed by atoms with Gasteiger partial charge in [-0.1, -0.05) is 19.1 Å². The van der Waals surface area contributed by atoms with Crippen LogP contribution in [0.25, 0.3) is 22.0 Å². The summed E-state index contributed by atoms with van der Waals surface area (Å²) >= 11 is 0. The molecule has 3 heterocycles. The largest absolute Gasteiger partial charge is 0.375 e. The first-order valence-electron chi connectivity index (χ1n) is 13.3. The Hall–Kier alpha value is -2.99. The number of aromatic nitrogens is 2. The number of fused-ring (bicyclic) bond motifs is 1. The minimum Gasteiger partial charge on any atom is -0.375 e. The molecule has 4 rings (SSSR count). The van der Waals surface area contributed by atoms with Gasteiger partial charge in [-0.2, -0.15) is 0 Å². The van der Waals surface area contributed by atoms with Crippen LogP contribution in [-0.2, 0) is 6.42 Å². The van der Waals surface area contributed by atoms with E-state index in [0.717, 1.165) is 40.9 Å². The summed E-state index contributed by atoms with van der Waals surface area (Å²) in [5, 5.41) is 0.896. The van der Waals surface area contributed by atoms with Gasteiger partial charge >= 0.3 is 0 Å². The van der Waals surface area contributed by atoms with E-state index in [1.807, 2.05) is 43.4 Å². The highest BCUT2D eigenvalue weighted by atomic mass is 19.1. The predicted molar refractivity (Wildman–Crippen MR) is 150 cm³/mol. The fourth-order valence-corrected chi connectivity index (χ4v) is 5.13. The molecule has 1 aromatic carbocycles. The van der Waals surface area contributed by atoms with Crippen LogP contribution in [0.3, 0.4) is 0 Å². The van der Waals surface area contributed by atoms with Gasteiger partial charge in [0.05, 0.1) is 23.1 Å². The molecule has 1 aliphatic rings. The van der Waals surface area contributed by atoms with Crippen LogP contribution in [0.1, 0.15) is 51.6 Å². The third-order valence-electron chi connectivity index (χ3n) is 7.14. The maximum Gasteiger partial charge on any atom is 0.133 e. The minimum atomic E-state index is -0.288. The number of nitrogens with zero attached hydrogens (tertiary/aromatic N) is 5. The normalized spacial score (nSPS) is 14.4. The number of anilines is 2. The topological polar surface area (TPSA) is 35.5 Å². The van der Waals surface area contributed by atoms with Crippen LogP contribution in [0.5, 0.6) is 0 Å². The monoisotopic (exact) mass is 489 g/mol. The Balaban J connectivity index is 1.57. The van der Waals surface area contributed by atoms with Crippen molar-refractivity contribution in [2.24, 2.45) is 0 Å². The highest BCUT2D eigenvalue weighted by Crippen LogP contribution is 2.39. The third kappa shape index (κ3) is 5.86. The third-order valence-corrected chi connectivity index (χ3v) is 7.14. The number of rotatable bonds is 10. The average molecular weight is 490 g/mol. The molecule has 0 amide bonds. The first-order valence-corrected chi connectivity index (χ1v) is 13.3. The van der Waals surface area contributed by atoms with E-state index in [1.54, 1.807) is 12.4 Å². The number of halogens is 1. The van der Waals surface area contributed by atoms with Crippen LogP contribution < -0.4 is 9.80 Å². The molecule has 0 bridgehead atoms. The maximum atomic E-state index is 15.2. The van der Waals surface area contributed by atoms with Crippen molar-refractivity contribution >= 4 is 22.3 Å².